The van der Waals surface area contributed by atoms with Crippen molar-refractivity contribution in [2.75, 3.05) is 52.9 Å². The maximum absolute atomic E-state index is 10.7. The highest BCUT2D eigenvalue weighted by Gasteiger charge is 2.26. The molecule has 0 bridgehead atoms. The second kappa shape index (κ2) is 11.6. The van der Waals surface area contributed by atoms with Crippen molar-refractivity contribution in [2.24, 2.45) is 4.99 Å². The van der Waals surface area contributed by atoms with Gasteiger partial charge < -0.3 is 20.6 Å². The summed E-state index contributed by atoms with van der Waals surface area (Å²) < 4.78 is 0. The zero-order valence-corrected chi connectivity index (χ0v) is 19.9. The van der Waals surface area contributed by atoms with Crippen LogP contribution in [0.3, 0.4) is 0 Å². The average molecular weight is 444 g/mol. The molecule has 2 unspecified atom stereocenters. The van der Waals surface area contributed by atoms with Gasteiger partial charge in [0, 0.05) is 45.3 Å². The normalized spacial score (nSPS) is 20.4. The number of thiophene rings is 1. The Hall–Kier alpha value is -1.93. The minimum absolute atomic E-state index is 0.327. The number of piperazine rings is 1. The number of aliphatic imine (C=N–C) groups is 1. The van der Waals surface area contributed by atoms with Crippen molar-refractivity contribution in [1.29, 1.82) is 0 Å². The van der Waals surface area contributed by atoms with Gasteiger partial charge in [-0.3, -0.25) is 4.90 Å². The maximum atomic E-state index is 10.7. The predicted molar refractivity (Wildman–Crippen MR) is 131 cm³/mol. The van der Waals surface area contributed by atoms with Gasteiger partial charge >= 0.3 is 0 Å². The van der Waals surface area contributed by atoms with Gasteiger partial charge in [-0.05, 0) is 55.3 Å². The minimum atomic E-state index is -0.953. The summed E-state index contributed by atoms with van der Waals surface area (Å²) in [6.07, 6.45) is 1.04. The molecule has 1 saturated heterocycles. The van der Waals surface area contributed by atoms with Crippen LogP contribution in [0.25, 0.3) is 0 Å². The number of likely N-dealkylation sites (N-methyl/N-ethyl adjacent to an activating group) is 1. The molecule has 1 fully saturated rings. The van der Waals surface area contributed by atoms with E-state index in [0.29, 0.717) is 12.6 Å². The van der Waals surface area contributed by atoms with Crippen LogP contribution in [0.2, 0.25) is 0 Å². The first-order chi connectivity index (χ1) is 15.0. The molecule has 31 heavy (non-hydrogen) atoms. The van der Waals surface area contributed by atoms with Crippen molar-refractivity contribution in [3.8, 4) is 0 Å². The largest absolute Gasteiger partial charge is 0.383 e. The molecule has 1 aliphatic rings. The van der Waals surface area contributed by atoms with Gasteiger partial charge in [0.15, 0.2) is 5.96 Å². The highest BCUT2D eigenvalue weighted by Crippen LogP contribution is 2.25. The summed E-state index contributed by atoms with van der Waals surface area (Å²) in [6, 6.07) is 13.2. The molecule has 6 nitrogen and oxygen atoms in total. The molecule has 1 aromatic carbocycles. The van der Waals surface area contributed by atoms with Crippen LogP contribution in [0.4, 0.5) is 0 Å². The third-order valence-corrected chi connectivity index (χ3v) is 6.51. The number of guanidine groups is 1. The van der Waals surface area contributed by atoms with Crippen molar-refractivity contribution in [3.05, 3.63) is 58.3 Å². The third-order valence-electron chi connectivity index (χ3n) is 5.83. The fraction of sp³-hybridized carbons (Fsp3) is 0.542. The summed E-state index contributed by atoms with van der Waals surface area (Å²) >= 11 is 1.59. The first-order valence-electron chi connectivity index (χ1n) is 11.2. The Labute approximate surface area is 191 Å². The zero-order valence-electron chi connectivity index (χ0n) is 19.1. The van der Waals surface area contributed by atoms with E-state index in [-0.39, 0.29) is 0 Å². The van der Waals surface area contributed by atoms with E-state index in [2.05, 4.69) is 69.7 Å². The summed E-state index contributed by atoms with van der Waals surface area (Å²) in [7, 11) is 2.21. The standard InChI is InChI=1S/C24H37N5OS/c1-4-25-23(27-19-24(2,30)21-11-16-31-18-21)26-12-8-13-29-15-14-28(3)17-22(29)20-9-6-5-7-10-20/h5-7,9-11,16,18,22,30H,4,8,12-15,17,19H2,1-3H3,(H2,25,26,27). The highest BCUT2D eigenvalue weighted by atomic mass is 32.1. The van der Waals surface area contributed by atoms with Gasteiger partial charge in [0.05, 0.1) is 6.54 Å². The van der Waals surface area contributed by atoms with E-state index in [0.717, 1.165) is 57.2 Å². The fourth-order valence-electron chi connectivity index (χ4n) is 3.94. The molecule has 7 heteroatoms. The second-order valence-corrected chi connectivity index (χ2v) is 9.27. The van der Waals surface area contributed by atoms with E-state index in [4.69, 9.17) is 0 Å². The lowest BCUT2D eigenvalue weighted by Gasteiger charge is -2.40. The number of benzene rings is 1. The topological polar surface area (TPSA) is 63.1 Å². The van der Waals surface area contributed by atoms with Gasteiger partial charge in [-0.15, -0.1) is 0 Å². The Morgan fingerprint density at radius 1 is 1.23 bits per heavy atom. The van der Waals surface area contributed by atoms with Crippen LogP contribution in [0, 0.1) is 0 Å². The first kappa shape index (κ1) is 23.7. The Morgan fingerprint density at radius 3 is 2.74 bits per heavy atom. The Balaban J connectivity index is 1.51. The zero-order chi connectivity index (χ0) is 22.1. The van der Waals surface area contributed by atoms with E-state index in [9.17, 15) is 5.11 Å². The number of hydrogen-bond donors (Lipinski definition) is 3. The molecule has 0 saturated carbocycles. The van der Waals surface area contributed by atoms with E-state index < -0.39 is 5.60 Å². The lowest BCUT2D eigenvalue weighted by Crippen LogP contribution is -2.47. The number of aliphatic hydroxyl groups is 1. The number of nitrogens with one attached hydrogen (secondary N) is 2. The molecule has 0 aliphatic carbocycles. The van der Waals surface area contributed by atoms with Crippen LogP contribution >= 0.6 is 11.3 Å². The molecule has 0 radical (unpaired) electrons. The van der Waals surface area contributed by atoms with Crippen molar-refractivity contribution in [3.63, 3.8) is 0 Å². The summed E-state index contributed by atoms with van der Waals surface area (Å²) in [4.78, 5) is 9.64. The lowest BCUT2D eigenvalue weighted by atomic mass is 10.00. The fourth-order valence-corrected chi connectivity index (χ4v) is 4.72. The van der Waals surface area contributed by atoms with Gasteiger partial charge in [0.25, 0.3) is 0 Å². The molecule has 2 atom stereocenters. The van der Waals surface area contributed by atoms with Crippen molar-refractivity contribution in [2.45, 2.75) is 31.9 Å². The van der Waals surface area contributed by atoms with Crippen LogP contribution < -0.4 is 10.6 Å². The van der Waals surface area contributed by atoms with Crippen LogP contribution in [-0.2, 0) is 5.60 Å². The smallest absolute Gasteiger partial charge is 0.191 e. The van der Waals surface area contributed by atoms with Crippen molar-refractivity contribution < 1.29 is 5.11 Å². The Bertz CT molecular complexity index is 794. The molecule has 1 aromatic heterocycles. The van der Waals surface area contributed by atoms with Crippen molar-refractivity contribution >= 4 is 17.3 Å². The molecular weight excluding hydrogens is 406 g/mol. The van der Waals surface area contributed by atoms with Gasteiger partial charge in [0.2, 0.25) is 0 Å². The third kappa shape index (κ3) is 7.04. The van der Waals surface area contributed by atoms with Crippen LogP contribution in [0.5, 0.6) is 0 Å². The number of hydrogen-bond acceptors (Lipinski definition) is 5. The monoisotopic (exact) mass is 443 g/mol. The molecule has 3 rings (SSSR count). The van der Waals surface area contributed by atoms with Gasteiger partial charge in [0.1, 0.15) is 5.60 Å². The number of nitrogens with zero attached hydrogens (tertiary/aromatic N) is 3. The quantitative estimate of drug-likeness (QED) is 0.316. The molecule has 1 aliphatic heterocycles. The van der Waals surface area contributed by atoms with E-state index in [1.54, 1.807) is 11.3 Å². The van der Waals surface area contributed by atoms with Crippen LogP contribution in [-0.4, -0.2) is 73.7 Å². The summed E-state index contributed by atoms with van der Waals surface area (Å²) in [6.45, 7) is 10.2. The predicted octanol–water partition coefficient (Wildman–Crippen LogP) is 2.89. The molecule has 0 spiro atoms. The summed E-state index contributed by atoms with van der Waals surface area (Å²) in [5.74, 6) is 0.760. The number of rotatable bonds is 9. The molecular formula is C24H37N5OS. The molecule has 170 valence electrons. The Kier molecular flexibility index (Phi) is 8.90. The van der Waals surface area contributed by atoms with E-state index >= 15 is 0 Å². The van der Waals surface area contributed by atoms with Crippen LogP contribution in [0.1, 0.15) is 37.4 Å². The highest BCUT2D eigenvalue weighted by molar-refractivity contribution is 7.08. The molecule has 2 heterocycles. The maximum Gasteiger partial charge on any atom is 0.191 e. The van der Waals surface area contributed by atoms with E-state index in [1.165, 1.54) is 5.56 Å². The second-order valence-electron chi connectivity index (χ2n) is 8.49. The summed E-state index contributed by atoms with van der Waals surface area (Å²) in [5.41, 5.74) is 1.36. The average Bonchev–Trinajstić information content (AvgIpc) is 3.32. The molecule has 2 aromatic rings. The summed E-state index contributed by atoms with van der Waals surface area (Å²) in [5, 5.41) is 21.4. The SMILES string of the molecule is CCNC(=NCC(C)(O)c1ccsc1)NCCCN1CCN(C)CC1c1ccccc1. The first-order valence-corrected chi connectivity index (χ1v) is 12.2. The minimum Gasteiger partial charge on any atom is -0.383 e. The van der Waals surface area contributed by atoms with Crippen LogP contribution in [0.15, 0.2) is 52.2 Å². The van der Waals surface area contributed by atoms with Gasteiger partial charge in [-0.25, -0.2) is 4.99 Å². The van der Waals surface area contributed by atoms with Crippen molar-refractivity contribution in [1.82, 2.24) is 20.4 Å². The van der Waals surface area contributed by atoms with E-state index in [1.807, 2.05) is 23.8 Å². The molecule has 3 N–H and O–H groups in total. The van der Waals surface area contributed by atoms with Gasteiger partial charge in [-0.1, -0.05) is 30.3 Å². The molecule has 0 amide bonds. The van der Waals surface area contributed by atoms with Gasteiger partial charge in [-0.2, -0.15) is 11.3 Å². The Morgan fingerprint density at radius 2 is 2.03 bits per heavy atom. The lowest BCUT2D eigenvalue weighted by molar-refractivity contribution is 0.0677.